The van der Waals surface area contributed by atoms with E-state index in [1.165, 1.54) is 0 Å². The summed E-state index contributed by atoms with van der Waals surface area (Å²) in [6.45, 7) is 1.31. The molecule has 2 atom stereocenters. The third-order valence-electron chi connectivity index (χ3n) is 5.04. The number of aryl methyl sites for hydroxylation is 1. The Morgan fingerprint density at radius 2 is 2.19 bits per heavy atom. The number of fused-ring (bicyclic) bond motifs is 1. The van der Waals surface area contributed by atoms with Gasteiger partial charge in [0.2, 0.25) is 5.91 Å². The molecule has 8 heteroatoms. The van der Waals surface area contributed by atoms with E-state index in [2.05, 4.69) is 15.4 Å². The van der Waals surface area contributed by atoms with Crippen LogP contribution in [0, 0.1) is 5.92 Å². The second-order valence-electron chi connectivity index (χ2n) is 6.77. The highest BCUT2D eigenvalue weighted by Gasteiger charge is 2.38. The lowest BCUT2D eigenvalue weighted by molar-refractivity contribution is -0.127. The summed E-state index contributed by atoms with van der Waals surface area (Å²) in [5.74, 6) is 0.355. The third kappa shape index (κ3) is 2.97. The van der Waals surface area contributed by atoms with Crippen molar-refractivity contribution in [1.29, 1.82) is 0 Å². The first-order chi connectivity index (χ1) is 12.5. The van der Waals surface area contributed by atoms with Gasteiger partial charge in [0.05, 0.1) is 17.9 Å². The first-order valence-electron chi connectivity index (χ1n) is 8.61. The van der Waals surface area contributed by atoms with Crippen molar-refractivity contribution >= 4 is 23.2 Å². The van der Waals surface area contributed by atoms with Crippen molar-refractivity contribution in [2.75, 3.05) is 13.6 Å². The number of hydrogen-bond donors (Lipinski definition) is 1. The van der Waals surface area contributed by atoms with E-state index in [4.69, 9.17) is 11.6 Å². The Bertz CT molecular complexity index is 948. The maximum Gasteiger partial charge on any atom is 0.223 e. The molecule has 3 aromatic rings. The van der Waals surface area contributed by atoms with Crippen LogP contribution in [0.5, 0.6) is 0 Å². The van der Waals surface area contributed by atoms with Crippen LogP contribution >= 0.6 is 11.6 Å². The number of pyridine rings is 1. The summed E-state index contributed by atoms with van der Waals surface area (Å²) in [4.78, 5) is 18.4. The van der Waals surface area contributed by atoms with Crippen LogP contribution in [0.15, 0.2) is 36.8 Å². The molecule has 1 aliphatic heterocycles. The zero-order valence-corrected chi connectivity index (χ0v) is 15.5. The minimum atomic E-state index is 0.0429. The smallest absolute Gasteiger partial charge is 0.223 e. The SMILES string of the molecule is CN1C(=O)C[C@@H](CNCc2c(Cl)nc3ccccn23)[C@@H]1c1cnn(C)c1. The summed E-state index contributed by atoms with van der Waals surface area (Å²) >= 11 is 6.29. The van der Waals surface area contributed by atoms with Gasteiger partial charge in [-0.05, 0) is 12.1 Å². The third-order valence-corrected chi connectivity index (χ3v) is 5.34. The minimum absolute atomic E-state index is 0.0429. The molecule has 0 aliphatic carbocycles. The van der Waals surface area contributed by atoms with Crippen LogP contribution in [0.3, 0.4) is 0 Å². The van der Waals surface area contributed by atoms with E-state index >= 15 is 0 Å². The molecule has 1 aliphatic rings. The van der Waals surface area contributed by atoms with Crippen LogP contribution in [0.2, 0.25) is 5.15 Å². The summed E-state index contributed by atoms with van der Waals surface area (Å²) in [6.07, 6.45) is 6.31. The molecule has 1 saturated heterocycles. The Morgan fingerprint density at radius 3 is 2.96 bits per heavy atom. The first-order valence-corrected chi connectivity index (χ1v) is 8.99. The number of imidazole rings is 1. The molecule has 0 aromatic carbocycles. The molecule has 7 nitrogen and oxygen atoms in total. The van der Waals surface area contributed by atoms with Crippen molar-refractivity contribution in [3.8, 4) is 0 Å². The Labute approximate surface area is 156 Å². The quantitative estimate of drug-likeness (QED) is 0.744. The van der Waals surface area contributed by atoms with Crippen LogP contribution in [0.1, 0.15) is 23.7 Å². The Morgan fingerprint density at radius 1 is 1.35 bits per heavy atom. The summed E-state index contributed by atoms with van der Waals surface area (Å²) < 4.78 is 3.76. The number of nitrogens with one attached hydrogen (secondary N) is 1. The van der Waals surface area contributed by atoms with Crippen molar-refractivity contribution in [2.45, 2.75) is 19.0 Å². The normalized spacial score (nSPS) is 20.4. The van der Waals surface area contributed by atoms with Crippen LogP contribution in [0.4, 0.5) is 0 Å². The number of rotatable bonds is 5. The number of nitrogens with zero attached hydrogens (tertiary/aromatic N) is 5. The van der Waals surface area contributed by atoms with Crippen molar-refractivity contribution in [3.63, 3.8) is 0 Å². The Kier molecular flexibility index (Phi) is 4.42. The second kappa shape index (κ2) is 6.74. The average Bonchev–Trinajstić information content (AvgIpc) is 3.25. The summed E-state index contributed by atoms with van der Waals surface area (Å²) in [7, 11) is 3.75. The molecule has 1 amide bonds. The second-order valence-corrected chi connectivity index (χ2v) is 7.13. The minimum Gasteiger partial charge on any atom is -0.338 e. The lowest BCUT2D eigenvalue weighted by Crippen LogP contribution is -2.29. The van der Waals surface area contributed by atoms with Crippen molar-refractivity contribution < 1.29 is 4.79 Å². The molecule has 26 heavy (non-hydrogen) atoms. The van der Waals surface area contributed by atoms with Crippen LogP contribution in [0.25, 0.3) is 5.65 Å². The summed E-state index contributed by atoms with van der Waals surface area (Å²) in [6, 6.07) is 5.87. The zero-order valence-electron chi connectivity index (χ0n) is 14.8. The highest BCUT2D eigenvalue weighted by atomic mass is 35.5. The topological polar surface area (TPSA) is 67.5 Å². The van der Waals surface area contributed by atoms with Gasteiger partial charge in [-0.2, -0.15) is 5.10 Å². The van der Waals surface area contributed by atoms with E-state index < -0.39 is 0 Å². The zero-order chi connectivity index (χ0) is 18.3. The number of hydrogen-bond acceptors (Lipinski definition) is 4. The van der Waals surface area contributed by atoms with Crippen LogP contribution in [-0.4, -0.2) is 43.6 Å². The van der Waals surface area contributed by atoms with Gasteiger partial charge in [0.1, 0.15) is 5.65 Å². The number of aromatic nitrogens is 4. The molecular weight excluding hydrogens is 352 g/mol. The molecule has 0 saturated carbocycles. The predicted molar refractivity (Wildman–Crippen MR) is 98.7 cm³/mol. The van der Waals surface area contributed by atoms with Gasteiger partial charge in [-0.25, -0.2) is 4.98 Å². The van der Waals surface area contributed by atoms with Gasteiger partial charge in [0.25, 0.3) is 0 Å². The van der Waals surface area contributed by atoms with Gasteiger partial charge in [-0.1, -0.05) is 17.7 Å². The van der Waals surface area contributed by atoms with E-state index in [0.29, 0.717) is 24.7 Å². The standard InChI is InChI=1S/C18H21ClN6O/c1-23-11-13(9-21-23)17-12(7-16(26)24(17)2)8-20-10-14-18(19)22-15-5-3-4-6-25(14)15/h3-6,9,11-12,17,20H,7-8,10H2,1-2H3/t12-,17+/m0/s1. The Hall–Kier alpha value is -2.38. The lowest BCUT2D eigenvalue weighted by Gasteiger charge is -2.24. The number of likely N-dealkylation sites (tertiary alicyclic amines) is 1. The van der Waals surface area contributed by atoms with E-state index in [0.717, 1.165) is 16.9 Å². The van der Waals surface area contributed by atoms with Gasteiger partial charge in [-0.15, -0.1) is 0 Å². The predicted octanol–water partition coefficient (Wildman–Crippen LogP) is 2.03. The van der Waals surface area contributed by atoms with E-state index in [-0.39, 0.29) is 17.9 Å². The molecule has 1 N–H and O–H groups in total. The number of halogens is 1. The van der Waals surface area contributed by atoms with Gasteiger partial charge in [-0.3, -0.25) is 9.48 Å². The van der Waals surface area contributed by atoms with Crippen molar-refractivity contribution in [1.82, 2.24) is 29.4 Å². The van der Waals surface area contributed by atoms with Crippen LogP contribution in [-0.2, 0) is 18.4 Å². The van der Waals surface area contributed by atoms with E-state index in [1.54, 1.807) is 4.68 Å². The number of carbonyl (C=O) groups is 1. The van der Waals surface area contributed by atoms with Gasteiger partial charge < -0.3 is 14.6 Å². The van der Waals surface area contributed by atoms with Gasteiger partial charge in [0.15, 0.2) is 5.15 Å². The molecule has 0 unspecified atom stereocenters. The molecule has 3 aromatic heterocycles. The monoisotopic (exact) mass is 372 g/mol. The molecule has 0 bridgehead atoms. The van der Waals surface area contributed by atoms with Gasteiger partial charge >= 0.3 is 0 Å². The molecule has 0 radical (unpaired) electrons. The number of amides is 1. The fourth-order valence-corrected chi connectivity index (χ4v) is 4.02. The van der Waals surface area contributed by atoms with Gasteiger partial charge in [0, 0.05) is 57.5 Å². The highest BCUT2D eigenvalue weighted by molar-refractivity contribution is 6.30. The fourth-order valence-electron chi connectivity index (χ4n) is 3.78. The lowest BCUT2D eigenvalue weighted by atomic mass is 9.96. The van der Waals surface area contributed by atoms with Crippen molar-refractivity contribution in [2.24, 2.45) is 13.0 Å². The molecule has 4 rings (SSSR count). The number of carbonyl (C=O) groups excluding carboxylic acids is 1. The average molecular weight is 373 g/mol. The first kappa shape index (κ1) is 17.1. The molecule has 136 valence electrons. The largest absolute Gasteiger partial charge is 0.338 e. The maximum atomic E-state index is 12.2. The van der Waals surface area contributed by atoms with E-state index in [9.17, 15) is 4.79 Å². The maximum absolute atomic E-state index is 12.2. The van der Waals surface area contributed by atoms with E-state index in [1.807, 2.05) is 60.2 Å². The Balaban J connectivity index is 1.48. The highest BCUT2D eigenvalue weighted by Crippen LogP contribution is 2.36. The fraction of sp³-hybridized carbons (Fsp3) is 0.389. The van der Waals surface area contributed by atoms with Crippen LogP contribution < -0.4 is 5.32 Å². The molecule has 0 spiro atoms. The molecular formula is C18H21ClN6O. The van der Waals surface area contributed by atoms with Crippen molar-refractivity contribution in [3.05, 3.63) is 53.2 Å². The summed E-state index contributed by atoms with van der Waals surface area (Å²) in [5.41, 5.74) is 2.83. The molecule has 1 fully saturated rings. The molecule has 4 heterocycles. The summed E-state index contributed by atoms with van der Waals surface area (Å²) in [5, 5.41) is 8.22.